The van der Waals surface area contributed by atoms with Gasteiger partial charge in [-0.3, -0.25) is 0 Å². The lowest BCUT2D eigenvalue weighted by molar-refractivity contribution is -0.146. The maximum Gasteiger partial charge on any atom is 0.328 e. The van der Waals surface area contributed by atoms with Gasteiger partial charge < -0.3 is 15.4 Å². The number of rotatable bonds is 13. The molecule has 1 atom stereocenters. The van der Waals surface area contributed by atoms with E-state index in [-0.39, 0.29) is 12.6 Å². The lowest BCUT2D eigenvalue weighted by atomic mass is 10.1. The minimum absolute atomic E-state index is 0.214. The van der Waals surface area contributed by atoms with Crippen molar-refractivity contribution in [1.29, 1.82) is 0 Å². The van der Waals surface area contributed by atoms with Gasteiger partial charge in [0.1, 0.15) is 12.6 Å². The van der Waals surface area contributed by atoms with Gasteiger partial charge in [-0.2, -0.15) is 0 Å². The van der Waals surface area contributed by atoms with Crippen molar-refractivity contribution >= 4 is 12.0 Å². The molecule has 2 amide bonds. The number of carbonyl (C=O) groups excluding carboxylic acids is 2. The summed E-state index contributed by atoms with van der Waals surface area (Å²) in [5.41, 5.74) is 0.923. The molecule has 1 aromatic carbocycles. The molecule has 0 fully saturated rings. The van der Waals surface area contributed by atoms with Gasteiger partial charge in [0, 0.05) is 6.54 Å². The summed E-state index contributed by atoms with van der Waals surface area (Å²) in [6.45, 7) is 4.70. The number of hydrogen-bond acceptors (Lipinski definition) is 3. The molecule has 1 aromatic rings. The summed E-state index contributed by atoms with van der Waals surface area (Å²) in [5, 5.41) is 5.41. The first-order valence-electron chi connectivity index (χ1n) is 9.88. The fourth-order valence-electron chi connectivity index (χ4n) is 2.62. The van der Waals surface area contributed by atoms with Gasteiger partial charge in [0.2, 0.25) is 0 Å². The maximum absolute atomic E-state index is 11.9. The summed E-state index contributed by atoms with van der Waals surface area (Å²) in [6, 6.07) is 8.48. The smallest absolute Gasteiger partial charge is 0.328 e. The lowest BCUT2D eigenvalue weighted by Gasteiger charge is -2.14. The van der Waals surface area contributed by atoms with E-state index in [0.717, 1.165) is 18.4 Å². The molecule has 1 rings (SSSR count). The molecule has 0 aliphatic carbocycles. The highest BCUT2D eigenvalue weighted by molar-refractivity contribution is 5.83. The van der Waals surface area contributed by atoms with Crippen LogP contribution in [-0.4, -0.2) is 24.6 Å². The van der Waals surface area contributed by atoms with Gasteiger partial charge in [0.05, 0.1) is 0 Å². The van der Waals surface area contributed by atoms with Gasteiger partial charge in [0.25, 0.3) is 0 Å². The Hall–Kier alpha value is -2.04. The first-order valence-corrected chi connectivity index (χ1v) is 9.88. The van der Waals surface area contributed by atoms with Gasteiger partial charge in [-0.25, -0.2) is 9.59 Å². The summed E-state index contributed by atoms with van der Waals surface area (Å²) in [7, 11) is 0. The van der Waals surface area contributed by atoms with Crippen LogP contribution in [0.15, 0.2) is 30.3 Å². The first kappa shape index (κ1) is 22.0. The van der Waals surface area contributed by atoms with Crippen LogP contribution in [0.4, 0.5) is 4.79 Å². The van der Waals surface area contributed by atoms with Gasteiger partial charge in [-0.05, 0) is 18.9 Å². The zero-order valence-corrected chi connectivity index (χ0v) is 16.3. The van der Waals surface area contributed by atoms with Crippen molar-refractivity contribution in [2.75, 3.05) is 6.54 Å². The maximum atomic E-state index is 11.9. The third-order valence-electron chi connectivity index (χ3n) is 4.24. The number of unbranched alkanes of at least 4 members (excludes halogenated alkanes) is 7. The topological polar surface area (TPSA) is 67.4 Å². The van der Waals surface area contributed by atoms with Crippen LogP contribution >= 0.6 is 0 Å². The summed E-state index contributed by atoms with van der Waals surface area (Å²) < 4.78 is 5.21. The fourth-order valence-corrected chi connectivity index (χ4v) is 2.62. The summed E-state index contributed by atoms with van der Waals surface area (Å²) in [5.74, 6) is -0.434. The number of ether oxygens (including phenoxy) is 1. The number of benzene rings is 1. The number of carbonyl (C=O) groups is 2. The molecule has 0 saturated carbocycles. The first-order chi connectivity index (χ1) is 12.6. The van der Waals surface area contributed by atoms with E-state index in [4.69, 9.17) is 4.74 Å². The van der Waals surface area contributed by atoms with Crippen molar-refractivity contribution in [3.05, 3.63) is 35.9 Å². The minimum atomic E-state index is -0.669. The molecule has 0 radical (unpaired) electrons. The molecule has 5 nitrogen and oxygen atoms in total. The van der Waals surface area contributed by atoms with Gasteiger partial charge >= 0.3 is 12.0 Å². The van der Waals surface area contributed by atoms with Crippen LogP contribution in [-0.2, 0) is 16.1 Å². The Bertz CT molecular complexity index is 505. The highest BCUT2D eigenvalue weighted by Gasteiger charge is 2.16. The van der Waals surface area contributed by atoms with E-state index >= 15 is 0 Å². The van der Waals surface area contributed by atoms with Crippen molar-refractivity contribution in [3.63, 3.8) is 0 Å². The van der Waals surface area contributed by atoms with Gasteiger partial charge in [0.15, 0.2) is 0 Å². The molecule has 0 saturated heterocycles. The molecular weight excluding hydrogens is 328 g/mol. The molecule has 0 spiro atoms. The van der Waals surface area contributed by atoms with E-state index < -0.39 is 12.0 Å². The Morgan fingerprint density at radius 2 is 1.58 bits per heavy atom. The van der Waals surface area contributed by atoms with E-state index in [2.05, 4.69) is 17.6 Å². The molecule has 146 valence electrons. The number of hydrogen-bond donors (Lipinski definition) is 2. The molecule has 1 unspecified atom stereocenters. The minimum Gasteiger partial charge on any atom is -0.459 e. The third kappa shape index (κ3) is 10.7. The molecule has 0 aliphatic heterocycles. The molecule has 0 heterocycles. The number of esters is 1. The zero-order valence-electron chi connectivity index (χ0n) is 16.3. The largest absolute Gasteiger partial charge is 0.459 e. The van der Waals surface area contributed by atoms with E-state index in [1.165, 1.54) is 38.5 Å². The van der Waals surface area contributed by atoms with Crippen molar-refractivity contribution in [2.24, 2.45) is 0 Å². The predicted octanol–water partition coefficient (Wildman–Crippen LogP) is 4.56. The molecule has 5 heteroatoms. The highest BCUT2D eigenvalue weighted by Crippen LogP contribution is 2.07. The van der Waals surface area contributed by atoms with Crippen molar-refractivity contribution in [2.45, 2.75) is 77.9 Å². The van der Waals surface area contributed by atoms with Crippen LogP contribution in [0.5, 0.6) is 0 Å². The Morgan fingerprint density at radius 3 is 2.23 bits per heavy atom. The highest BCUT2D eigenvalue weighted by atomic mass is 16.5. The monoisotopic (exact) mass is 362 g/mol. The number of nitrogens with one attached hydrogen (secondary N) is 2. The molecule has 26 heavy (non-hydrogen) atoms. The second-order valence-corrected chi connectivity index (χ2v) is 6.69. The normalized spacial score (nSPS) is 11.6. The summed E-state index contributed by atoms with van der Waals surface area (Å²) >= 11 is 0. The van der Waals surface area contributed by atoms with Crippen molar-refractivity contribution in [3.8, 4) is 0 Å². The Kier molecular flexibility index (Phi) is 12.0. The summed E-state index contributed by atoms with van der Waals surface area (Å²) in [4.78, 5) is 23.7. The van der Waals surface area contributed by atoms with Gasteiger partial charge in [-0.15, -0.1) is 0 Å². The van der Waals surface area contributed by atoms with Crippen LogP contribution in [0.2, 0.25) is 0 Å². The predicted molar refractivity (Wildman–Crippen MR) is 105 cm³/mol. The van der Waals surface area contributed by atoms with E-state index in [1.54, 1.807) is 6.92 Å². The SMILES string of the molecule is CCCCCCCCCCNC(=O)NC(C)C(=O)OCc1ccccc1. The van der Waals surface area contributed by atoms with E-state index in [0.29, 0.717) is 6.54 Å². The average Bonchev–Trinajstić information content (AvgIpc) is 2.65. The van der Waals surface area contributed by atoms with E-state index in [1.807, 2.05) is 30.3 Å². The second kappa shape index (κ2) is 14.2. The summed E-state index contributed by atoms with van der Waals surface area (Å²) in [6.07, 6.45) is 9.82. The van der Waals surface area contributed by atoms with Crippen molar-refractivity contribution in [1.82, 2.24) is 10.6 Å². The Morgan fingerprint density at radius 1 is 0.962 bits per heavy atom. The Labute approximate surface area is 157 Å². The molecular formula is C21H34N2O3. The zero-order chi connectivity index (χ0) is 19.0. The Balaban J connectivity index is 2.04. The van der Waals surface area contributed by atoms with Crippen LogP contribution in [0, 0.1) is 0 Å². The van der Waals surface area contributed by atoms with Crippen LogP contribution in [0.1, 0.15) is 70.8 Å². The van der Waals surface area contributed by atoms with Crippen LogP contribution < -0.4 is 10.6 Å². The van der Waals surface area contributed by atoms with E-state index in [9.17, 15) is 9.59 Å². The van der Waals surface area contributed by atoms with Crippen molar-refractivity contribution < 1.29 is 14.3 Å². The molecule has 0 bridgehead atoms. The number of urea groups is 1. The third-order valence-corrected chi connectivity index (χ3v) is 4.24. The standard InChI is InChI=1S/C21H34N2O3/c1-3-4-5-6-7-8-9-13-16-22-21(25)23-18(2)20(24)26-17-19-14-11-10-12-15-19/h10-12,14-15,18H,3-9,13,16-17H2,1-2H3,(H2,22,23,25). The van der Waals surface area contributed by atoms with Crippen LogP contribution in [0.3, 0.4) is 0 Å². The lowest BCUT2D eigenvalue weighted by Crippen LogP contribution is -2.45. The quantitative estimate of drug-likeness (QED) is 0.399. The number of amides is 2. The van der Waals surface area contributed by atoms with Gasteiger partial charge in [-0.1, -0.05) is 82.2 Å². The fraction of sp³-hybridized carbons (Fsp3) is 0.619. The van der Waals surface area contributed by atoms with Crippen LogP contribution in [0.25, 0.3) is 0 Å². The molecule has 0 aromatic heterocycles. The molecule has 2 N–H and O–H groups in total. The average molecular weight is 363 g/mol. The second-order valence-electron chi connectivity index (χ2n) is 6.69. The molecule has 0 aliphatic rings.